The topological polar surface area (TPSA) is 109 Å². The van der Waals surface area contributed by atoms with Gasteiger partial charge in [-0.3, -0.25) is 4.79 Å². The molecule has 0 bridgehead atoms. The lowest BCUT2D eigenvalue weighted by Gasteiger charge is -2.23. The van der Waals surface area contributed by atoms with Gasteiger partial charge in [-0.2, -0.15) is 0 Å². The maximum atomic E-state index is 12.6. The normalized spacial score (nSPS) is 12.8. The number of ether oxygens (including phenoxy) is 1. The minimum Gasteiger partial charge on any atom is -0.548 e. The van der Waals surface area contributed by atoms with Gasteiger partial charge in [0.05, 0.1) is 12.0 Å². The van der Waals surface area contributed by atoms with Crippen LogP contribution in [0.1, 0.15) is 37.0 Å². The van der Waals surface area contributed by atoms with Crippen LogP contribution in [0.2, 0.25) is 0 Å². The molecule has 7 heteroatoms. The van der Waals surface area contributed by atoms with Gasteiger partial charge in [0.25, 0.3) is 5.91 Å². The van der Waals surface area contributed by atoms with Crippen molar-refractivity contribution in [1.82, 2.24) is 5.32 Å². The Balaban J connectivity index is 1.77. The van der Waals surface area contributed by atoms with Crippen molar-refractivity contribution in [3.63, 3.8) is 0 Å². The number of carbonyl (C=O) groups is 2. The van der Waals surface area contributed by atoms with Gasteiger partial charge in [-0.05, 0) is 49.9 Å². The number of benzene rings is 2. The van der Waals surface area contributed by atoms with Crippen molar-refractivity contribution in [2.24, 2.45) is 0 Å². The van der Waals surface area contributed by atoms with Crippen LogP contribution in [0.15, 0.2) is 57.7 Å². The first-order valence-corrected chi connectivity index (χ1v) is 10.6. The van der Waals surface area contributed by atoms with E-state index in [0.717, 1.165) is 29.4 Å². The minimum atomic E-state index is -1.37. The largest absolute Gasteiger partial charge is 0.548 e. The van der Waals surface area contributed by atoms with E-state index in [9.17, 15) is 19.5 Å². The third-order valence-corrected chi connectivity index (χ3v) is 5.27. The number of aliphatic carboxylic acids is 1. The molecule has 0 aliphatic rings. The summed E-state index contributed by atoms with van der Waals surface area (Å²) < 4.78 is 11.2. The third-order valence-electron chi connectivity index (χ3n) is 5.27. The molecule has 0 radical (unpaired) electrons. The van der Waals surface area contributed by atoms with Crippen molar-refractivity contribution in [2.45, 2.75) is 52.2 Å². The molecule has 2 aromatic carbocycles. The highest BCUT2D eigenvalue weighted by molar-refractivity contribution is 5.87. The molecular formula is C25H26NO6-. The first-order chi connectivity index (χ1) is 15.3. The van der Waals surface area contributed by atoms with Gasteiger partial charge in [-0.1, -0.05) is 43.7 Å². The van der Waals surface area contributed by atoms with Crippen LogP contribution in [0.25, 0.3) is 11.0 Å². The van der Waals surface area contributed by atoms with Gasteiger partial charge < -0.3 is 24.4 Å². The van der Waals surface area contributed by atoms with E-state index in [1.807, 2.05) is 13.0 Å². The predicted octanol–water partition coefficient (Wildman–Crippen LogP) is 2.30. The fourth-order valence-electron chi connectivity index (χ4n) is 3.59. The SMILES string of the molecule is CCCc1cc(=O)oc2c(C)c(O[C@H](C)C(=O)N[C@@H](Cc3ccccc3)C(=O)[O-])ccc12. The number of carboxylic acid groups (broad SMARTS) is 1. The van der Waals surface area contributed by atoms with Gasteiger partial charge >= 0.3 is 5.63 Å². The second kappa shape index (κ2) is 10.1. The molecule has 1 aromatic heterocycles. The summed E-state index contributed by atoms with van der Waals surface area (Å²) in [4.78, 5) is 36.1. The highest BCUT2D eigenvalue weighted by Gasteiger charge is 2.22. The van der Waals surface area contributed by atoms with Crippen molar-refractivity contribution < 1.29 is 23.8 Å². The molecule has 2 atom stereocenters. The second-order valence-electron chi connectivity index (χ2n) is 7.74. The number of nitrogens with one attached hydrogen (secondary N) is 1. The molecule has 3 aromatic rings. The molecule has 1 amide bonds. The zero-order valence-corrected chi connectivity index (χ0v) is 18.3. The van der Waals surface area contributed by atoms with Crippen LogP contribution in [-0.2, 0) is 22.4 Å². The molecule has 0 spiro atoms. The van der Waals surface area contributed by atoms with Crippen molar-refractivity contribution in [3.8, 4) is 5.75 Å². The molecule has 0 fully saturated rings. The summed E-state index contributed by atoms with van der Waals surface area (Å²) in [6.45, 7) is 5.31. The van der Waals surface area contributed by atoms with E-state index in [4.69, 9.17) is 9.15 Å². The highest BCUT2D eigenvalue weighted by atomic mass is 16.5. The minimum absolute atomic E-state index is 0.0992. The van der Waals surface area contributed by atoms with Crippen LogP contribution >= 0.6 is 0 Å². The molecule has 0 saturated heterocycles. The summed E-state index contributed by atoms with van der Waals surface area (Å²) in [7, 11) is 0. The molecular weight excluding hydrogens is 410 g/mol. The summed E-state index contributed by atoms with van der Waals surface area (Å²) >= 11 is 0. The summed E-state index contributed by atoms with van der Waals surface area (Å²) in [5.74, 6) is -1.58. The number of carbonyl (C=O) groups excluding carboxylic acids is 2. The van der Waals surface area contributed by atoms with Crippen molar-refractivity contribution in [1.29, 1.82) is 0 Å². The maximum Gasteiger partial charge on any atom is 0.336 e. The van der Waals surface area contributed by atoms with Crippen LogP contribution in [0.3, 0.4) is 0 Å². The van der Waals surface area contributed by atoms with Gasteiger partial charge in [0.15, 0.2) is 6.10 Å². The monoisotopic (exact) mass is 436 g/mol. The van der Waals surface area contributed by atoms with Crippen molar-refractivity contribution >= 4 is 22.8 Å². The molecule has 1 heterocycles. The Bertz CT molecular complexity index is 1170. The van der Waals surface area contributed by atoms with E-state index < -0.39 is 29.6 Å². The molecule has 3 rings (SSSR count). The average Bonchev–Trinajstić information content (AvgIpc) is 2.76. The van der Waals surface area contributed by atoms with Gasteiger partial charge in [0.1, 0.15) is 11.3 Å². The number of hydrogen-bond acceptors (Lipinski definition) is 6. The second-order valence-corrected chi connectivity index (χ2v) is 7.74. The molecule has 0 saturated carbocycles. The number of aryl methyl sites for hydroxylation is 2. The van der Waals surface area contributed by atoms with Gasteiger partial charge in [-0.15, -0.1) is 0 Å². The molecule has 7 nitrogen and oxygen atoms in total. The Kier molecular flexibility index (Phi) is 7.30. The van der Waals surface area contributed by atoms with Crippen molar-refractivity contribution in [2.75, 3.05) is 0 Å². The standard InChI is InChI=1S/C25H27NO6/c1-4-8-18-14-22(27)32-23-15(2)21(12-11-19(18)23)31-16(3)24(28)26-20(25(29)30)13-17-9-6-5-7-10-17/h5-7,9-12,14,16,20H,4,8,13H2,1-3H3,(H,26,28)(H,29,30)/p-1/t16-,20+/m1/s1. The van der Waals surface area contributed by atoms with E-state index in [-0.39, 0.29) is 6.42 Å². The number of carboxylic acids is 1. The average molecular weight is 436 g/mol. The Morgan fingerprint density at radius 1 is 1.16 bits per heavy atom. The first kappa shape index (κ1) is 23.1. The van der Waals surface area contributed by atoms with Gasteiger partial charge in [0.2, 0.25) is 0 Å². The summed E-state index contributed by atoms with van der Waals surface area (Å²) in [6.07, 6.45) is 0.749. The zero-order chi connectivity index (χ0) is 23.3. The van der Waals surface area contributed by atoms with E-state index >= 15 is 0 Å². The van der Waals surface area contributed by atoms with Crippen LogP contribution in [-0.4, -0.2) is 24.0 Å². The lowest BCUT2D eigenvalue weighted by atomic mass is 10.0. The molecule has 1 N–H and O–H groups in total. The Morgan fingerprint density at radius 3 is 2.53 bits per heavy atom. The third kappa shape index (κ3) is 5.35. The van der Waals surface area contributed by atoms with Crippen LogP contribution in [0.5, 0.6) is 5.75 Å². The molecule has 0 aliphatic heterocycles. The number of rotatable bonds is 9. The lowest BCUT2D eigenvalue weighted by Crippen LogP contribution is -2.52. The van der Waals surface area contributed by atoms with Crippen LogP contribution < -0.4 is 20.8 Å². The number of hydrogen-bond donors (Lipinski definition) is 1. The van der Waals surface area contributed by atoms with E-state index in [1.54, 1.807) is 43.3 Å². The number of fused-ring (bicyclic) bond motifs is 1. The first-order valence-electron chi connectivity index (χ1n) is 10.6. The van der Waals surface area contributed by atoms with E-state index in [0.29, 0.717) is 16.9 Å². The Hall–Kier alpha value is -3.61. The van der Waals surface area contributed by atoms with Gasteiger partial charge in [-0.25, -0.2) is 4.79 Å². The maximum absolute atomic E-state index is 12.6. The van der Waals surface area contributed by atoms with Crippen LogP contribution in [0, 0.1) is 6.92 Å². The van der Waals surface area contributed by atoms with E-state index in [2.05, 4.69) is 5.32 Å². The lowest BCUT2D eigenvalue weighted by molar-refractivity contribution is -0.308. The van der Waals surface area contributed by atoms with Gasteiger partial charge in [0, 0.05) is 17.0 Å². The predicted molar refractivity (Wildman–Crippen MR) is 118 cm³/mol. The Morgan fingerprint density at radius 2 is 1.88 bits per heavy atom. The highest BCUT2D eigenvalue weighted by Crippen LogP contribution is 2.29. The fourth-order valence-corrected chi connectivity index (χ4v) is 3.59. The molecule has 168 valence electrons. The van der Waals surface area contributed by atoms with Crippen LogP contribution in [0.4, 0.5) is 0 Å². The molecule has 0 unspecified atom stereocenters. The number of amides is 1. The summed E-state index contributed by atoms with van der Waals surface area (Å²) in [5, 5.41) is 14.8. The van der Waals surface area contributed by atoms with E-state index in [1.165, 1.54) is 13.0 Å². The quantitative estimate of drug-likeness (QED) is 0.516. The molecule has 32 heavy (non-hydrogen) atoms. The molecule has 0 aliphatic carbocycles. The smallest absolute Gasteiger partial charge is 0.336 e. The Labute approximate surface area is 186 Å². The summed E-state index contributed by atoms with van der Waals surface area (Å²) in [5.41, 5.74) is 2.24. The fraction of sp³-hybridized carbons (Fsp3) is 0.320. The van der Waals surface area contributed by atoms with Crippen molar-refractivity contribution in [3.05, 3.63) is 75.6 Å². The summed E-state index contributed by atoms with van der Waals surface area (Å²) in [6, 6.07) is 12.8. The zero-order valence-electron chi connectivity index (χ0n) is 18.3.